The van der Waals surface area contributed by atoms with Gasteiger partial charge in [0.15, 0.2) is 6.20 Å². The van der Waals surface area contributed by atoms with Crippen LogP contribution in [0.5, 0.6) is 0 Å². The minimum absolute atomic E-state index is 0.115. The predicted molar refractivity (Wildman–Crippen MR) is 106 cm³/mol. The number of aromatic nitrogens is 1. The Balaban J connectivity index is 1.46. The van der Waals surface area contributed by atoms with E-state index in [0.29, 0.717) is 11.8 Å². The summed E-state index contributed by atoms with van der Waals surface area (Å²) in [5, 5.41) is 10.7. The molecule has 2 saturated heterocycles. The summed E-state index contributed by atoms with van der Waals surface area (Å²) in [7, 11) is 0. The van der Waals surface area contributed by atoms with Crippen LogP contribution in [0.2, 0.25) is 0 Å². The van der Waals surface area contributed by atoms with E-state index in [1.165, 1.54) is 6.07 Å². The lowest BCUT2D eigenvalue weighted by molar-refractivity contribution is -0.389. The third-order valence-electron chi connectivity index (χ3n) is 5.68. The molecule has 0 aliphatic carbocycles. The molecule has 1 aromatic heterocycles. The van der Waals surface area contributed by atoms with Crippen LogP contribution in [0.1, 0.15) is 46.5 Å². The Kier molecular flexibility index (Phi) is 6.05. The van der Waals surface area contributed by atoms with Crippen LogP contribution in [0.3, 0.4) is 0 Å². The highest BCUT2D eigenvalue weighted by atomic mass is 16.6. The Morgan fingerprint density at radius 3 is 2.14 bits per heavy atom. The molecule has 0 radical (unpaired) electrons. The van der Waals surface area contributed by atoms with E-state index in [1.54, 1.807) is 12.3 Å². The number of carbonyl (C=O) groups excluding carboxylic acids is 1. The molecule has 0 unspecified atom stereocenters. The first-order chi connectivity index (χ1) is 13.2. The van der Waals surface area contributed by atoms with Crippen LogP contribution in [-0.4, -0.2) is 52.7 Å². The molecule has 0 saturated carbocycles. The largest absolute Gasteiger partial charge is 0.444 e. The van der Waals surface area contributed by atoms with Crippen molar-refractivity contribution in [2.45, 2.75) is 52.1 Å². The van der Waals surface area contributed by atoms with Gasteiger partial charge in [-0.1, -0.05) is 0 Å². The molecule has 1 amide bonds. The summed E-state index contributed by atoms with van der Waals surface area (Å²) in [5.74, 6) is 1.20. The summed E-state index contributed by atoms with van der Waals surface area (Å²) in [4.78, 5) is 30.5. The lowest BCUT2D eigenvalue weighted by Crippen LogP contribution is -2.44. The van der Waals surface area contributed by atoms with Crippen molar-refractivity contribution in [3.05, 3.63) is 28.4 Å². The minimum Gasteiger partial charge on any atom is -0.444 e. The molecule has 0 spiro atoms. The lowest BCUT2D eigenvalue weighted by Gasteiger charge is -2.40. The molecule has 2 fully saturated rings. The molecular formula is C20H30N4O4. The van der Waals surface area contributed by atoms with Crippen molar-refractivity contribution in [1.29, 1.82) is 0 Å². The maximum Gasteiger partial charge on any atom is 0.410 e. The van der Waals surface area contributed by atoms with Crippen molar-refractivity contribution in [1.82, 2.24) is 9.88 Å². The van der Waals surface area contributed by atoms with Gasteiger partial charge < -0.3 is 24.7 Å². The molecule has 3 heterocycles. The first-order valence-corrected chi connectivity index (χ1v) is 10.1. The molecule has 2 aliphatic rings. The van der Waals surface area contributed by atoms with Crippen molar-refractivity contribution >= 4 is 17.6 Å². The molecular weight excluding hydrogens is 360 g/mol. The first-order valence-electron chi connectivity index (χ1n) is 10.1. The van der Waals surface area contributed by atoms with Crippen LogP contribution in [0, 0.1) is 22.0 Å². The van der Waals surface area contributed by atoms with Gasteiger partial charge in [-0.25, -0.2) is 4.79 Å². The molecule has 154 valence electrons. The molecule has 3 rings (SSSR count). The summed E-state index contributed by atoms with van der Waals surface area (Å²) in [5.41, 5.74) is 0.497. The second kappa shape index (κ2) is 8.32. The van der Waals surface area contributed by atoms with Crippen LogP contribution in [0.4, 0.5) is 16.3 Å². The number of ether oxygens (including phenoxy) is 1. The fraction of sp³-hybridized carbons (Fsp3) is 0.700. The summed E-state index contributed by atoms with van der Waals surface area (Å²) >= 11 is 0. The standard InChI is InChI=1S/C20H30N4O4/c1-20(2,3)28-19(25)23-12-8-16(9-13-23)15-6-10-22(11-7-15)17-4-5-18(21-14-17)24(26)27/h4-5,14-16H,6-13H2,1-3H3. The van der Waals surface area contributed by atoms with Gasteiger partial charge in [0.25, 0.3) is 0 Å². The van der Waals surface area contributed by atoms with Gasteiger partial charge in [0.05, 0.1) is 5.69 Å². The van der Waals surface area contributed by atoms with Gasteiger partial charge in [0.2, 0.25) is 0 Å². The van der Waals surface area contributed by atoms with Gasteiger partial charge >= 0.3 is 11.9 Å². The SMILES string of the molecule is CC(C)(C)OC(=O)N1CCC(C2CCN(c3ccc([N+](=O)[O-])nc3)CC2)CC1. The second-order valence-corrected chi connectivity index (χ2v) is 8.76. The van der Waals surface area contributed by atoms with Crippen LogP contribution < -0.4 is 4.90 Å². The van der Waals surface area contributed by atoms with E-state index in [0.717, 1.165) is 57.5 Å². The Hall–Kier alpha value is -2.38. The highest BCUT2D eigenvalue weighted by molar-refractivity contribution is 5.68. The summed E-state index contributed by atoms with van der Waals surface area (Å²) in [6.45, 7) is 9.11. The van der Waals surface area contributed by atoms with Gasteiger partial charge in [0, 0.05) is 32.2 Å². The van der Waals surface area contributed by atoms with Gasteiger partial charge in [-0.3, -0.25) is 0 Å². The number of rotatable bonds is 3. The van der Waals surface area contributed by atoms with E-state index in [9.17, 15) is 14.9 Å². The van der Waals surface area contributed by atoms with Crippen LogP contribution >= 0.6 is 0 Å². The molecule has 2 aliphatic heterocycles. The Morgan fingerprint density at radius 2 is 1.68 bits per heavy atom. The smallest absolute Gasteiger partial charge is 0.410 e. The monoisotopic (exact) mass is 390 g/mol. The minimum atomic E-state index is -0.473. The number of pyridine rings is 1. The summed E-state index contributed by atoms with van der Waals surface area (Å²) < 4.78 is 5.48. The molecule has 0 aromatic carbocycles. The number of hydrogen-bond donors (Lipinski definition) is 0. The maximum atomic E-state index is 12.2. The van der Waals surface area contributed by atoms with Gasteiger partial charge in [-0.2, -0.15) is 0 Å². The van der Waals surface area contributed by atoms with Gasteiger partial charge in [-0.05, 0) is 74.3 Å². The fourth-order valence-corrected chi connectivity index (χ4v) is 4.18. The number of piperidine rings is 2. The third-order valence-corrected chi connectivity index (χ3v) is 5.68. The average Bonchev–Trinajstić information content (AvgIpc) is 2.67. The van der Waals surface area contributed by atoms with E-state index < -0.39 is 10.5 Å². The van der Waals surface area contributed by atoms with E-state index in [4.69, 9.17) is 4.74 Å². The maximum absolute atomic E-state index is 12.2. The van der Waals surface area contributed by atoms with Crippen molar-refractivity contribution in [2.24, 2.45) is 11.8 Å². The van der Waals surface area contributed by atoms with Crippen LogP contribution in [0.15, 0.2) is 18.3 Å². The van der Waals surface area contributed by atoms with Crippen molar-refractivity contribution < 1.29 is 14.5 Å². The number of carbonyl (C=O) groups is 1. The number of amides is 1. The molecule has 0 atom stereocenters. The molecule has 1 aromatic rings. The van der Waals surface area contributed by atoms with E-state index >= 15 is 0 Å². The van der Waals surface area contributed by atoms with Crippen molar-refractivity contribution in [3.8, 4) is 0 Å². The molecule has 0 bridgehead atoms. The third kappa shape index (κ3) is 5.11. The molecule has 0 N–H and O–H groups in total. The van der Waals surface area contributed by atoms with Gasteiger partial charge in [-0.15, -0.1) is 0 Å². The quantitative estimate of drug-likeness (QED) is 0.575. The Morgan fingerprint density at radius 1 is 1.11 bits per heavy atom. The number of anilines is 1. The Bertz CT molecular complexity index is 685. The fourth-order valence-electron chi connectivity index (χ4n) is 4.18. The zero-order chi connectivity index (χ0) is 20.3. The normalized spacial score (nSPS) is 19.5. The van der Waals surface area contributed by atoms with Crippen LogP contribution in [0.25, 0.3) is 0 Å². The van der Waals surface area contributed by atoms with E-state index in [-0.39, 0.29) is 11.9 Å². The first kappa shape index (κ1) is 20.4. The van der Waals surface area contributed by atoms with Gasteiger partial charge in [0.1, 0.15) is 5.60 Å². The van der Waals surface area contributed by atoms with Crippen molar-refractivity contribution in [3.63, 3.8) is 0 Å². The van der Waals surface area contributed by atoms with Crippen LogP contribution in [-0.2, 0) is 4.74 Å². The van der Waals surface area contributed by atoms with E-state index in [2.05, 4.69) is 9.88 Å². The number of nitrogens with zero attached hydrogens (tertiary/aromatic N) is 4. The molecule has 28 heavy (non-hydrogen) atoms. The molecule has 8 nitrogen and oxygen atoms in total. The number of nitro groups is 1. The van der Waals surface area contributed by atoms with E-state index in [1.807, 2.05) is 25.7 Å². The summed E-state index contributed by atoms with van der Waals surface area (Å²) in [6, 6.07) is 3.25. The number of hydrogen-bond acceptors (Lipinski definition) is 6. The lowest BCUT2D eigenvalue weighted by atomic mass is 9.79. The highest BCUT2D eigenvalue weighted by Crippen LogP contribution is 2.34. The predicted octanol–water partition coefficient (Wildman–Crippen LogP) is 3.85. The zero-order valence-corrected chi connectivity index (χ0v) is 17.0. The summed E-state index contributed by atoms with van der Waals surface area (Å²) in [6.07, 6.45) is 5.66. The topological polar surface area (TPSA) is 88.8 Å². The zero-order valence-electron chi connectivity index (χ0n) is 17.0. The highest BCUT2D eigenvalue weighted by Gasteiger charge is 2.32. The average molecular weight is 390 g/mol. The van der Waals surface area contributed by atoms with Crippen molar-refractivity contribution in [2.75, 3.05) is 31.1 Å². The molecule has 8 heteroatoms. The second-order valence-electron chi connectivity index (χ2n) is 8.76. The Labute approximate surface area is 166 Å². The number of likely N-dealkylation sites (tertiary alicyclic amines) is 1.